The van der Waals surface area contributed by atoms with Crippen LogP contribution in [0.2, 0.25) is 0 Å². The molecule has 4 nitrogen and oxygen atoms in total. The summed E-state index contributed by atoms with van der Waals surface area (Å²) in [7, 11) is 0. The Balaban J connectivity index is 0.00000169. The van der Waals surface area contributed by atoms with Gasteiger partial charge in [0.2, 0.25) is 5.91 Å². The molecule has 1 aromatic rings. The molecule has 0 bridgehead atoms. The van der Waals surface area contributed by atoms with Gasteiger partial charge in [-0.15, -0.1) is 24.8 Å². The van der Waals surface area contributed by atoms with Crippen molar-refractivity contribution < 1.29 is 4.79 Å². The van der Waals surface area contributed by atoms with E-state index < -0.39 is 0 Å². The van der Waals surface area contributed by atoms with E-state index in [0.717, 1.165) is 38.8 Å². The van der Waals surface area contributed by atoms with Crippen molar-refractivity contribution in [3.63, 3.8) is 0 Å². The minimum atomic E-state index is -0.363. The van der Waals surface area contributed by atoms with Crippen LogP contribution >= 0.6 is 24.8 Å². The van der Waals surface area contributed by atoms with Gasteiger partial charge in [0.1, 0.15) is 0 Å². The van der Waals surface area contributed by atoms with Crippen LogP contribution in [0.15, 0.2) is 30.3 Å². The number of hydrogen-bond acceptors (Lipinski definition) is 3. The first-order valence-corrected chi connectivity index (χ1v) is 9.43. The van der Waals surface area contributed by atoms with Crippen LogP contribution in [0.5, 0.6) is 0 Å². The summed E-state index contributed by atoms with van der Waals surface area (Å²) in [6.07, 6.45) is 6.61. The maximum atomic E-state index is 12.8. The van der Waals surface area contributed by atoms with Crippen molar-refractivity contribution >= 4 is 30.7 Å². The van der Waals surface area contributed by atoms with E-state index in [2.05, 4.69) is 34.5 Å². The second kappa shape index (κ2) is 10.5. The van der Waals surface area contributed by atoms with Crippen LogP contribution in [0.3, 0.4) is 0 Å². The highest BCUT2D eigenvalue weighted by atomic mass is 35.5. The maximum absolute atomic E-state index is 12.8. The monoisotopic (exact) mass is 401 g/mol. The van der Waals surface area contributed by atoms with E-state index in [1.54, 1.807) is 0 Å². The molecule has 1 aliphatic heterocycles. The number of carbonyl (C=O) groups is 1. The van der Waals surface area contributed by atoms with Gasteiger partial charge in [-0.25, -0.2) is 0 Å². The zero-order valence-corrected chi connectivity index (χ0v) is 17.3. The highest BCUT2D eigenvalue weighted by Gasteiger charge is 2.38. The van der Waals surface area contributed by atoms with Crippen molar-refractivity contribution in [3.8, 4) is 0 Å². The SMILES string of the molecule is CC1(N)CCCCC1C(=O)NCC(c1ccccc1)N1CCCC1.Cl.Cl. The molecule has 1 heterocycles. The molecular weight excluding hydrogens is 369 g/mol. The number of carbonyl (C=O) groups excluding carboxylic acids is 1. The Kier molecular flexibility index (Phi) is 9.39. The lowest BCUT2D eigenvalue weighted by molar-refractivity contribution is -0.128. The fraction of sp³-hybridized carbons (Fsp3) is 0.650. The number of benzene rings is 1. The van der Waals surface area contributed by atoms with E-state index >= 15 is 0 Å². The molecule has 3 N–H and O–H groups in total. The number of nitrogens with zero attached hydrogens (tertiary/aromatic N) is 1. The average molecular weight is 402 g/mol. The van der Waals surface area contributed by atoms with Crippen LogP contribution in [0.4, 0.5) is 0 Å². The van der Waals surface area contributed by atoms with Crippen molar-refractivity contribution in [2.45, 2.75) is 57.0 Å². The molecule has 3 atom stereocenters. The standard InChI is InChI=1S/C20H31N3O.2ClH/c1-20(21)12-6-5-11-17(20)19(24)22-15-18(23-13-7-8-14-23)16-9-3-2-4-10-16;;/h2-4,9-10,17-18H,5-8,11-15,21H2,1H3,(H,22,24);2*1H. The zero-order chi connectivity index (χ0) is 17.0. The summed E-state index contributed by atoms with van der Waals surface area (Å²) < 4.78 is 0. The summed E-state index contributed by atoms with van der Waals surface area (Å²) in [5.74, 6) is 0.0843. The number of nitrogens with two attached hydrogens (primary N) is 1. The van der Waals surface area contributed by atoms with Crippen LogP contribution in [0.1, 0.15) is 57.1 Å². The Hall–Kier alpha value is -0.810. The van der Waals surface area contributed by atoms with Gasteiger partial charge in [-0.1, -0.05) is 43.2 Å². The van der Waals surface area contributed by atoms with Gasteiger partial charge in [-0.3, -0.25) is 9.69 Å². The number of nitrogens with one attached hydrogen (secondary N) is 1. The van der Waals surface area contributed by atoms with E-state index in [1.165, 1.54) is 18.4 Å². The molecule has 1 aromatic carbocycles. The van der Waals surface area contributed by atoms with Gasteiger partial charge in [-0.05, 0) is 51.3 Å². The van der Waals surface area contributed by atoms with Crippen molar-refractivity contribution in [1.29, 1.82) is 0 Å². The molecule has 0 spiro atoms. The largest absolute Gasteiger partial charge is 0.354 e. The van der Waals surface area contributed by atoms with Gasteiger partial charge in [0.25, 0.3) is 0 Å². The molecule has 2 fully saturated rings. The van der Waals surface area contributed by atoms with Crippen molar-refractivity contribution in [3.05, 3.63) is 35.9 Å². The van der Waals surface area contributed by atoms with Gasteiger partial charge in [0, 0.05) is 12.1 Å². The second-order valence-corrected chi connectivity index (χ2v) is 7.72. The number of hydrogen-bond donors (Lipinski definition) is 2. The zero-order valence-electron chi connectivity index (χ0n) is 15.7. The Labute approximate surface area is 170 Å². The lowest BCUT2D eigenvalue weighted by Crippen LogP contribution is -2.53. The van der Waals surface area contributed by atoms with E-state index in [0.29, 0.717) is 6.54 Å². The first-order valence-electron chi connectivity index (χ1n) is 9.43. The fourth-order valence-corrected chi connectivity index (χ4v) is 4.30. The summed E-state index contributed by atoms with van der Waals surface area (Å²) in [5, 5.41) is 3.22. The molecule has 0 radical (unpaired) electrons. The van der Waals surface area contributed by atoms with E-state index in [9.17, 15) is 4.79 Å². The summed E-state index contributed by atoms with van der Waals surface area (Å²) in [4.78, 5) is 15.3. The molecule has 3 unspecified atom stereocenters. The fourth-order valence-electron chi connectivity index (χ4n) is 4.30. The number of rotatable bonds is 5. The average Bonchev–Trinajstić information content (AvgIpc) is 3.10. The predicted molar refractivity (Wildman–Crippen MR) is 112 cm³/mol. The summed E-state index contributed by atoms with van der Waals surface area (Å²) in [6, 6.07) is 10.8. The topological polar surface area (TPSA) is 58.4 Å². The first kappa shape index (κ1) is 23.2. The number of likely N-dealkylation sites (tertiary alicyclic amines) is 1. The Morgan fingerprint density at radius 2 is 1.85 bits per heavy atom. The maximum Gasteiger partial charge on any atom is 0.225 e. The Morgan fingerprint density at radius 3 is 2.46 bits per heavy atom. The van der Waals surface area contributed by atoms with Crippen LogP contribution in [0, 0.1) is 5.92 Å². The van der Waals surface area contributed by atoms with Gasteiger partial charge in [-0.2, -0.15) is 0 Å². The molecule has 2 aliphatic rings. The summed E-state index contributed by atoms with van der Waals surface area (Å²) >= 11 is 0. The van der Waals surface area contributed by atoms with Gasteiger partial charge in [0.15, 0.2) is 0 Å². The molecule has 1 saturated carbocycles. The van der Waals surface area contributed by atoms with Crippen LogP contribution < -0.4 is 11.1 Å². The Morgan fingerprint density at radius 1 is 1.19 bits per heavy atom. The third-order valence-electron chi connectivity index (χ3n) is 5.81. The van der Waals surface area contributed by atoms with Crippen molar-refractivity contribution in [2.24, 2.45) is 11.7 Å². The van der Waals surface area contributed by atoms with Crippen LogP contribution in [-0.2, 0) is 4.79 Å². The number of amides is 1. The molecule has 148 valence electrons. The molecule has 6 heteroatoms. The van der Waals surface area contributed by atoms with Crippen molar-refractivity contribution in [2.75, 3.05) is 19.6 Å². The smallest absolute Gasteiger partial charge is 0.225 e. The third kappa shape index (κ3) is 5.59. The Bertz CT molecular complexity index is 547. The van der Waals surface area contributed by atoms with E-state index in [1.807, 2.05) is 13.0 Å². The minimum Gasteiger partial charge on any atom is -0.354 e. The quantitative estimate of drug-likeness (QED) is 0.790. The molecule has 1 saturated heterocycles. The molecule has 0 aromatic heterocycles. The minimum absolute atomic E-state index is 0. The third-order valence-corrected chi connectivity index (χ3v) is 5.81. The van der Waals surface area contributed by atoms with Crippen LogP contribution in [0.25, 0.3) is 0 Å². The molecule has 1 amide bonds. The molecular formula is C20H33Cl2N3O. The molecule has 3 rings (SSSR count). The van der Waals surface area contributed by atoms with Gasteiger partial charge >= 0.3 is 0 Å². The van der Waals surface area contributed by atoms with Gasteiger partial charge < -0.3 is 11.1 Å². The predicted octanol–water partition coefficient (Wildman–Crippen LogP) is 3.69. The highest BCUT2D eigenvalue weighted by molar-refractivity contribution is 5.85. The summed E-state index contributed by atoms with van der Waals surface area (Å²) in [5.41, 5.74) is 7.32. The van der Waals surface area contributed by atoms with E-state index in [-0.39, 0.29) is 48.2 Å². The molecule has 1 aliphatic carbocycles. The lowest BCUT2D eigenvalue weighted by Gasteiger charge is -2.38. The summed E-state index contributed by atoms with van der Waals surface area (Å²) in [6.45, 7) is 4.95. The van der Waals surface area contributed by atoms with Crippen molar-refractivity contribution in [1.82, 2.24) is 10.2 Å². The normalized spacial score (nSPS) is 27.1. The molecule has 26 heavy (non-hydrogen) atoms. The number of halogens is 2. The first-order chi connectivity index (χ1) is 11.6. The highest BCUT2D eigenvalue weighted by Crippen LogP contribution is 2.32. The lowest BCUT2D eigenvalue weighted by atomic mass is 9.74. The van der Waals surface area contributed by atoms with E-state index in [4.69, 9.17) is 5.73 Å². The van der Waals surface area contributed by atoms with Crippen LogP contribution in [-0.4, -0.2) is 36.0 Å². The van der Waals surface area contributed by atoms with Gasteiger partial charge in [0.05, 0.1) is 12.0 Å². The second-order valence-electron chi connectivity index (χ2n) is 7.72.